The van der Waals surface area contributed by atoms with Crippen molar-refractivity contribution < 1.29 is 4.79 Å². The SMILES string of the molecule is CNC(=O)CSc1nnc(-c2ccccc2Cl)n1-c1c(C)n(C)n(-c2ccccc2)c1=O. The minimum absolute atomic E-state index is 0.135. The zero-order valence-electron chi connectivity index (χ0n) is 17.7. The minimum Gasteiger partial charge on any atom is -0.358 e. The lowest BCUT2D eigenvalue weighted by Gasteiger charge is -2.10. The predicted octanol–water partition coefficient (Wildman–Crippen LogP) is 3.22. The topological polar surface area (TPSA) is 86.7 Å². The number of hydrogen-bond acceptors (Lipinski definition) is 5. The highest BCUT2D eigenvalue weighted by molar-refractivity contribution is 7.99. The van der Waals surface area contributed by atoms with Crippen molar-refractivity contribution in [1.29, 1.82) is 0 Å². The maximum absolute atomic E-state index is 13.7. The molecular weight excluding hydrogens is 448 g/mol. The van der Waals surface area contributed by atoms with Crippen molar-refractivity contribution in [2.75, 3.05) is 12.8 Å². The summed E-state index contributed by atoms with van der Waals surface area (Å²) in [6.45, 7) is 1.86. The molecule has 164 valence electrons. The van der Waals surface area contributed by atoms with Gasteiger partial charge in [-0.2, -0.15) is 0 Å². The number of nitrogens with one attached hydrogen (secondary N) is 1. The first-order valence-corrected chi connectivity index (χ1v) is 11.2. The number of thioether (sulfide) groups is 1. The zero-order valence-corrected chi connectivity index (χ0v) is 19.3. The average Bonchev–Trinajstić information content (AvgIpc) is 3.30. The van der Waals surface area contributed by atoms with E-state index in [2.05, 4.69) is 15.5 Å². The molecule has 0 saturated carbocycles. The van der Waals surface area contributed by atoms with Crippen LogP contribution in [0.15, 0.2) is 64.5 Å². The van der Waals surface area contributed by atoms with Crippen molar-refractivity contribution in [3.63, 3.8) is 0 Å². The van der Waals surface area contributed by atoms with Gasteiger partial charge >= 0.3 is 0 Å². The number of aromatic nitrogens is 5. The Labute approximate surface area is 193 Å². The number of para-hydroxylation sites is 1. The van der Waals surface area contributed by atoms with Crippen LogP contribution in [0, 0.1) is 6.92 Å². The van der Waals surface area contributed by atoms with Crippen LogP contribution in [0.4, 0.5) is 0 Å². The molecule has 0 aliphatic rings. The van der Waals surface area contributed by atoms with E-state index in [9.17, 15) is 9.59 Å². The van der Waals surface area contributed by atoms with Gasteiger partial charge in [0.1, 0.15) is 5.69 Å². The third-order valence-electron chi connectivity index (χ3n) is 5.11. The van der Waals surface area contributed by atoms with Crippen LogP contribution in [0.1, 0.15) is 5.69 Å². The predicted molar refractivity (Wildman–Crippen MR) is 126 cm³/mol. The Morgan fingerprint density at radius 2 is 1.78 bits per heavy atom. The molecule has 8 nitrogen and oxygen atoms in total. The summed E-state index contributed by atoms with van der Waals surface area (Å²) in [7, 11) is 3.40. The monoisotopic (exact) mass is 468 g/mol. The van der Waals surface area contributed by atoms with Crippen LogP contribution in [0.5, 0.6) is 0 Å². The minimum atomic E-state index is -0.230. The number of nitrogens with zero attached hydrogens (tertiary/aromatic N) is 5. The van der Waals surface area contributed by atoms with Crippen molar-refractivity contribution in [2.45, 2.75) is 12.1 Å². The summed E-state index contributed by atoms with van der Waals surface area (Å²) >= 11 is 7.65. The molecule has 4 aromatic rings. The molecule has 1 N–H and O–H groups in total. The molecule has 0 atom stereocenters. The number of rotatable bonds is 6. The second kappa shape index (κ2) is 9.05. The van der Waals surface area contributed by atoms with Crippen molar-refractivity contribution >= 4 is 29.3 Å². The lowest BCUT2D eigenvalue weighted by Crippen LogP contribution is -2.22. The van der Waals surface area contributed by atoms with E-state index in [4.69, 9.17) is 11.6 Å². The summed E-state index contributed by atoms with van der Waals surface area (Å²) < 4.78 is 5.07. The molecule has 2 heterocycles. The van der Waals surface area contributed by atoms with E-state index in [-0.39, 0.29) is 17.2 Å². The number of hydrogen-bond donors (Lipinski definition) is 1. The van der Waals surface area contributed by atoms with Gasteiger partial charge in [0.2, 0.25) is 5.91 Å². The summed E-state index contributed by atoms with van der Waals surface area (Å²) in [5.74, 6) is 0.409. The maximum Gasteiger partial charge on any atom is 0.296 e. The second-order valence-electron chi connectivity index (χ2n) is 6.99. The molecule has 2 aromatic carbocycles. The van der Waals surface area contributed by atoms with Gasteiger partial charge in [0.25, 0.3) is 5.56 Å². The lowest BCUT2D eigenvalue weighted by molar-refractivity contribution is -0.118. The van der Waals surface area contributed by atoms with Gasteiger partial charge in [-0.3, -0.25) is 18.8 Å². The van der Waals surface area contributed by atoms with Crippen LogP contribution < -0.4 is 10.9 Å². The smallest absolute Gasteiger partial charge is 0.296 e. The first kappa shape index (κ1) is 21.9. The van der Waals surface area contributed by atoms with E-state index in [0.717, 1.165) is 5.69 Å². The molecule has 0 unspecified atom stereocenters. The highest BCUT2D eigenvalue weighted by atomic mass is 35.5. The van der Waals surface area contributed by atoms with Crippen molar-refractivity contribution in [1.82, 2.24) is 29.4 Å². The normalized spacial score (nSPS) is 11.0. The molecular formula is C22H21ClN6O2S. The van der Waals surface area contributed by atoms with E-state index in [1.54, 1.807) is 27.0 Å². The summed E-state index contributed by atoms with van der Waals surface area (Å²) in [5, 5.41) is 12.1. The molecule has 0 radical (unpaired) electrons. The molecule has 0 spiro atoms. The van der Waals surface area contributed by atoms with Crippen LogP contribution >= 0.6 is 23.4 Å². The van der Waals surface area contributed by atoms with Crippen LogP contribution in [-0.2, 0) is 11.8 Å². The molecule has 4 rings (SSSR count). The summed E-state index contributed by atoms with van der Waals surface area (Å²) in [6, 6.07) is 16.6. The highest BCUT2D eigenvalue weighted by Gasteiger charge is 2.26. The average molecular weight is 469 g/mol. The molecule has 0 fully saturated rings. The van der Waals surface area contributed by atoms with Gasteiger partial charge in [-0.05, 0) is 31.2 Å². The van der Waals surface area contributed by atoms with Crippen molar-refractivity contribution in [3.05, 3.63) is 75.7 Å². The van der Waals surface area contributed by atoms with E-state index in [0.29, 0.717) is 32.9 Å². The molecule has 0 aliphatic heterocycles. The fourth-order valence-corrected chi connectivity index (χ4v) is 4.43. The summed E-state index contributed by atoms with van der Waals surface area (Å²) in [5.41, 5.74) is 2.26. The number of benzene rings is 2. The van der Waals surface area contributed by atoms with Gasteiger partial charge in [-0.15, -0.1) is 10.2 Å². The zero-order chi connectivity index (χ0) is 22.8. The van der Waals surface area contributed by atoms with Crippen LogP contribution in [0.2, 0.25) is 5.02 Å². The number of halogens is 1. The largest absolute Gasteiger partial charge is 0.358 e. The Kier molecular flexibility index (Phi) is 6.20. The van der Waals surface area contributed by atoms with Crippen molar-refractivity contribution in [2.24, 2.45) is 7.05 Å². The number of carbonyl (C=O) groups is 1. The molecule has 1 amide bonds. The quantitative estimate of drug-likeness (QED) is 0.439. The molecule has 32 heavy (non-hydrogen) atoms. The Bertz CT molecular complexity index is 1340. The van der Waals surface area contributed by atoms with Gasteiger partial charge in [-0.1, -0.05) is 53.7 Å². The Morgan fingerprint density at radius 1 is 1.09 bits per heavy atom. The summed E-state index contributed by atoms with van der Waals surface area (Å²) in [4.78, 5) is 25.5. The van der Waals surface area contributed by atoms with Crippen LogP contribution in [0.3, 0.4) is 0 Å². The molecule has 10 heteroatoms. The number of carbonyl (C=O) groups excluding carboxylic acids is 1. The van der Waals surface area contributed by atoms with E-state index >= 15 is 0 Å². The molecule has 0 aliphatic carbocycles. The van der Waals surface area contributed by atoms with E-state index in [1.165, 1.54) is 11.8 Å². The molecule has 0 saturated heterocycles. The first-order chi connectivity index (χ1) is 15.4. The summed E-state index contributed by atoms with van der Waals surface area (Å²) in [6.07, 6.45) is 0. The van der Waals surface area contributed by atoms with Gasteiger partial charge in [-0.25, -0.2) is 4.68 Å². The molecule has 0 bridgehead atoms. The maximum atomic E-state index is 13.7. The molecule has 2 aromatic heterocycles. The third kappa shape index (κ3) is 3.85. The van der Waals surface area contributed by atoms with Gasteiger partial charge < -0.3 is 5.32 Å². The van der Waals surface area contributed by atoms with Gasteiger partial charge in [0, 0.05) is 19.7 Å². The fraction of sp³-hybridized carbons (Fsp3) is 0.182. The van der Waals surface area contributed by atoms with Gasteiger partial charge in [0.15, 0.2) is 11.0 Å². The Balaban J connectivity index is 1.97. The lowest BCUT2D eigenvalue weighted by atomic mass is 10.2. The third-order valence-corrected chi connectivity index (χ3v) is 6.37. The number of amides is 1. The van der Waals surface area contributed by atoms with Crippen LogP contribution in [0.25, 0.3) is 22.8 Å². The Hall–Kier alpha value is -3.30. The highest BCUT2D eigenvalue weighted by Crippen LogP contribution is 2.32. The fourth-order valence-electron chi connectivity index (χ4n) is 3.40. The standard InChI is InChI=1S/C22H21ClN6O2S/c1-14-19(21(31)29(27(14)3)15-9-5-4-6-10-15)28-20(16-11-7-8-12-17(16)23)25-26-22(28)32-13-18(30)24-2/h4-12H,13H2,1-3H3,(H,24,30). The van der Waals surface area contributed by atoms with Crippen LogP contribution in [-0.4, -0.2) is 42.8 Å². The second-order valence-corrected chi connectivity index (χ2v) is 8.34. The van der Waals surface area contributed by atoms with Crippen molar-refractivity contribution in [3.8, 4) is 22.8 Å². The Morgan fingerprint density at radius 3 is 2.47 bits per heavy atom. The van der Waals surface area contributed by atoms with Gasteiger partial charge in [0.05, 0.1) is 22.2 Å². The first-order valence-electron chi connectivity index (χ1n) is 9.82. The van der Waals surface area contributed by atoms with E-state index in [1.807, 2.05) is 62.5 Å². The van der Waals surface area contributed by atoms with E-state index < -0.39 is 0 Å².